The van der Waals surface area contributed by atoms with E-state index in [1.54, 1.807) is 47.4 Å². The summed E-state index contributed by atoms with van der Waals surface area (Å²) < 4.78 is 29.9. The number of aliphatic imine (C=N–C) groups is 1. The van der Waals surface area contributed by atoms with Crippen molar-refractivity contribution in [3.05, 3.63) is 58.1 Å². The van der Waals surface area contributed by atoms with Crippen LogP contribution in [-0.4, -0.2) is 49.4 Å². The smallest absolute Gasteiger partial charge is 0.252 e. The third-order valence-corrected chi connectivity index (χ3v) is 8.65. The molecule has 2 saturated heterocycles. The fourth-order valence-corrected chi connectivity index (χ4v) is 7.84. The second-order valence-electron chi connectivity index (χ2n) is 7.08. The lowest BCUT2D eigenvalue weighted by Gasteiger charge is -2.26. The topological polar surface area (TPSA) is 76.0 Å². The van der Waals surface area contributed by atoms with Crippen LogP contribution >= 0.6 is 35.0 Å². The molecule has 2 heterocycles. The predicted molar refractivity (Wildman–Crippen MR) is 122 cm³/mol. The maximum atomic E-state index is 12.7. The number of sulfone groups is 1. The van der Waals surface area contributed by atoms with Crippen molar-refractivity contribution < 1.29 is 17.9 Å². The van der Waals surface area contributed by atoms with Gasteiger partial charge in [0.25, 0.3) is 5.91 Å². The molecule has 0 unspecified atom stereocenters. The van der Waals surface area contributed by atoms with Crippen LogP contribution in [0.3, 0.4) is 0 Å². The number of amidine groups is 1. The highest BCUT2D eigenvalue weighted by Gasteiger charge is 2.50. The Morgan fingerprint density at radius 1 is 1.17 bits per heavy atom. The highest BCUT2D eigenvalue weighted by Crippen LogP contribution is 2.44. The van der Waals surface area contributed by atoms with Gasteiger partial charge in [-0.3, -0.25) is 4.79 Å². The highest BCUT2D eigenvalue weighted by molar-refractivity contribution is 8.16. The normalized spacial score (nSPS) is 23.6. The number of ether oxygens (including phenoxy) is 1. The van der Waals surface area contributed by atoms with E-state index in [0.29, 0.717) is 26.6 Å². The molecule has 10 heteroatoms. The Morgan fingerprint density at radius 3 is 2.57 bits per heavy atom. The van der Waals surface area contributed by atoms with Gasteiger partial charge >= 0.3 is 0 Å². The molecular weight excluding hydrogens is 467 g/mol. The largest absolute Gasteiger partial charge is 0.495 e. The van der Waals surface area contributed by atoms with Crippen molar-refractivity contribution in [2.24, 2.45) is 4.99 Å². The minimum atomic E-state index is -3.17. The van der Waals surface area contributed by atoms with E-state index in [-0.39, 0.29) is 35.1 Å². The molecule has 2 aromatic rings. The Balaban J connectivity index is 1.69. The molecule has 2 aromatic carbocycles. The molecule has 2 aliphatic rings. The summed E-state index contributed by atoms with van der Waals surface area (Å²) in [5.41, 5.74) is 1.39. The lowest BCUT2D eigenvalue weighted by Crippen LogP contribution is -2.38. The van der Waals surface area contributed by atoms with Gasteiger partial charge in [-0.2, -0.15) is 4.99 Å². The molecule has 2 aliphatic heterocycles. The number of thioether (sulfide) groups is 1. The van der Waals surface area contributed by atoms with E-state index in [1.807, 2.05) is 0 Å². The van der Waals surface area contributed by atoms with Gasteiger partial charge in [0.2, 0.25) is 0 Å². The summed E-state index contributed by atoms with van der Waals surface area (Å²) in [6, 6.07) is 11.8. The molecule has 0 bridgehead atoms. The Bertz CT molecular complexity index is 1120. The van der Waals surface area contributed by atoms with Crippen molar-refractivity contribution in [3.63, 3.8) is 0 Å². The number of amides is 1. The van der Waals surface area contributed by atoms with Crippen molar-refractivity contribution in [1.29, 1.82) is 0 Å². The van der Waals surface area contributed by atoms with Gasteiger partial charge in [-0.1, -0.05) is 47.1 Å². The fraction of sp³-hybridized carbons (Fsp3) is 0.300. The minimum absolute atomic E-state index is 0.00920. The number of halogens is 2. The van der Waals surface area contributed by atoms with Gasteiger partial charge in [0.1, 0.15) is 5.75 Å². The molecule has 30 heavy (non-hydrogen) atoms. The first-order valence-electron chi connectivity index (χ1n) is 9.11. The zero-order valence-electron chi connectivity index (χ0n) is 15.9. The number of benzene rings is 2. The second kappa shape index (κ2) is 8.42. The van der Waals surface area contributed by atoms with Crippen molar-refractivity contribution in [2.45, 2.75) is 17.7 Å². The number of methoxy groups -OCH3 is 1. The molecular formula is C20H18Cl2N2O4S2. The highest BCUT2D eigenvalue weighted by atomic mass is 35.5. The van der Waals surface area contributed by atoms with E-state index in [4.69, 9.17) is 27.9 Å². The number of carbonyl (C=O) groups excluding carboxylic acids is 1. The molecule has 6 nitrogen and oxygen atoms in total. The second-order valence-corrected chi connectivity index (χ2v) is 11.3. The maximum Gasteiger partial charge on any atom is 0.252 e. The molecule has 0 spiro atoms. The van der Waals surface area contributed by atoms with E-state index in [9.17, 15) is 13.2 Å². The SMILES string of the molecule is COc1ccc(Cl)cc1N1C(=NC(=O)Cc2ccc(Cl)cc2)S[C@H]2CS(=O)(=O)C[C@H]21. The van der Waals surface area contributed by atoms with Gasteiger partial charge in [0.15, 0.2) is 15.0 Å². The van der Waals surface area contributed by atoms with Crippen LogP contribution < -0.4 is 9.64 Å². The van der Waals surface area contributed by atoms with Crippen molar-refractivity contribution in [2.75, 3.05) is 23.5 Å². The molecule has 1 amide bonds. The monoisotopic (exact) mass is 484 g/mol. The molecule has 2 atom stereocenters. The number of fused-ring (bicyclic) bond motifs is 1. The Morgan fingerprint density at radius 2 is 1.87 bits per heavy atom. The summed E-state index contributed by atoms with van der Waals surface area (Å²) in [4.78, 5) is 18.8. The van der Waals surface area contributed by atoms with E-state index < -0.39 is 9.84 Å². The van der Waals surface area contributed by atoms with E-state index in [0.717, 1.165) is 5.56 Å². The van der Waals surface area contributed by atoms with E-state index >= 15 is 0 Å². The first kappa shape index (κ1) is 21.5. The average Bonchev–Trinajstić information content (AvgIpc) is 3.14. The summed E-state index contributed by atoms with van der Waals surface area (Å²) in [6.07, 6.45) is 0.120. The summed E-state index contributed by atoms with van der Waals surface area (Å²) in [5.74, 6) is 0.244. The summed E-state index contributed by atoms with van der Waals surface area (Å²) >= 11 is 13.4. The van der Waals surface area contributed by atoms with Crippen molar-refractivity contribution >= 4 is 61.6 Å². The lowest BCUT2D eigenvalue weighted by molar-refractivity contribution is -0.117. The molecule has 158 valence electrons. The number of carbonyl (C=O) groups is 1. The molecule has 0 aromatic heterocycles. The van der Waals surface area contributed by atoms with Crippen molar-refractivity contribution in [1.82, 2.24) is 0 Å². The van der Waals surface area contributed by atoms with Gasteiger partial charge in [-0.05, 0) is 35.9 Å². The standard InChI is InChI=1S/C20H18Cl2N2O4S2/c1-28-17-7-6-14(22)9-15(17)24-16-10-30(26,27)11-18(16)29-20(24)23-19(25)8-12-2-4-13(21)5-3-12/h2-7,9,16,18H,8,10-11H2,1H3/t16-,18+/m1/s1. The molecule has 0 radical (unpaired) electrons. The zero-order chi connectivity index (χ0) is 21.5. The third-order valence-electron chi connectivity index (χ3n) is 4.96. The van der Waals surface area contributed by atoms with Crippen LogP contribution in [0.2, 0.25) is 10.0 Å². The minimum Gasteiger partial charge on any atom is -0.495 e. The van der Waals surface area contributed by atoms with Gasteiger partial charge < -0.3 is 9.64 Å². The quantitative estimate of drug-likeness (QED) is 0.655. The Hall–Kier alpha value is -1.74. The Labute approximate surface area is 189 Å². The lowest BCUT2D eigenvalue weighted by atomic mass is 10.1. The van der Waals surface area contributed by atoms with Gasteiger partial charge in [0, 0.05) is 15.3 Å². The first-order chi connectivity index (χ1) is 14.3. The number of rotatable bonds is 4. The fourth-order valence-electron chi connectivity index (χ4n) is 3.62. The van der Waals surface area contributed by atoms with Crippen LogP contribution in [0.5, 0.6) is 5.75 Å². The summed E-state index contributed by atoms with van der Waals surface area (Å²) in [6.45, 7) is 0. The predicted octanol–water partition coefficient (Wildman–Crippen LogP) is 3.85. The van der Waals surface area contributed by atoms with Crippen LogP contribution in [0, 0.1) is 0 Å². The van der Waals surface area contributed by atoms with E-state index in [2.05, 4.69) is 4.99 Å². The van der Waals surface area contributed by atoms with Crippen LogP contribution in [0.25, 0.3) is 0 Å². The first-order valence-corrected chi connectivity index (χ1v) is 12.6. The van der Waals surface area contributed by atoms with Crippen LogP contribution in [0.1, 0.15) is 5.56 Å². The summed E-state index contributed by atoms with van der Waals surface area (Å²) in [5, 5.41) is 1.32. The van der Waals surface area contributed by atoms with Gasteiger partial charge in [-0.25, -0.2) is 8.42 Å². The molecule has 2 fully saturated rings. The molecule has 0 N–H and O–H groups in total. The number of anilines is 1. The van der Waals surface area contributed by atoms with Crippen molar-refractivity contribution in [3.8, 4) is 5.75 Å². The molecule has 4 rings (SSSR count). The van der Waals surface area contributed by atoms with Crippen LogP contribution in [-0.2, 0) is 21.1 Å². The number of hydrogen-bond acceptors (Lipinski definition) is 5. The summed E-state index contributed by atoms with van der Waals surface area (Å²) in [7, 11) is -1.64. The van der Waals surface area contributed by atoms with E-state index in [1.165, 1.54) is 18.9 Å². The van der Waals surface area contributed by atoms with Gasteiger partial charge in [-0.15, -0.1) is 0 Å². The number of hydrogen-bond donors (Lipinski definition) is 0. The Kier molecular flexibility index (Phi) is 6.03. The number of nitrogens with zero attached hydrogens (tertiary/aromatic N) is 2. The molecule has 0 saturated carbocycles. The van der Waals surface area contributed by atoms with Crippen LogP contribution in [0.15, 0.2) is 47.5 Å². The maximum absolute atomic E-state index is 12.7. The zero-order valence-corrected chi connectivity index (χ0v) is 19.1. The van der Waals surface area contributed by atoms with Gasteiger partial charge in [0.05, 0.1) is 36.8 Å². The third kappa shape index (κ3) is 4.46. The average molecular weight is 485 g/mol. The van der Waals surface area contributed by atoms with Crippen LogP contribution in [0.4, 0.5) is 5.69 Å². The molecule has 0 aliphatic carbocycles.